The molecule has 1 saturated heterocycles. The molecule has 0 bridgehead atoms. The SMILES string of the molecule is CC(C)N1CCC(c2cc3cccnc3[nH]2)C1. The second-order valence-electron chi connectivity index (χ2n) is 5.24. The molecule has 3 nitrogen and oxygen atoms in total. The van der Waals surface area contributed by atoms with Gasteiger partial charge in [0, 0.05) is 35.8 Å². The van der Waals surface area contributed by atoms with E-state index in [2.05, 4.69) is 40.8 Å². The number of nitrogens with one attached hydrogen (secondary N) is 1. The van der Waals surface area contributed by atoms with Gasteiger partial charge in [0.25, 0.3) is 0 Å². The van der Waals surface area contributed by atoms with Gasteiger partial charge in [-0.3, -0.25) is 0 Å². The Bertz CT molecular complexity index is 482. The summed E-state index contributed by atoms with van der Waals surface area (Å²) < 4.78 is 0. The van der Waals surface area contributed by atoms with Gasteiger partial charge in [-0.2, -0.15) is 0 Å². The maximum Gasteiger partial charge on any atom is 0.137 e. The summed E-state index contributed by atoms with van der Waals surface area (Å²) in [6.45, 7) is 6.93. The zero-order valence-corrected chi connectivity index (χ0v) is 10.5. The van der Waals surface area contributed by atoms with Crippen LogP contribution in [0.5, 0.6) is 0 Å². The number of rotatable bonds is 2. The Morgan fingerprint density at radius 3 is 3.06 bits per heavy atom. The molecular formula is C14H19N3. The molecule has 3 rings (SSSR count). The second kappa shape index (κ2) is 4.15. The maximum absolute atomic E-state index is 4.36. The molecule has 0 saturated carbocycles. The molecule has 1 unspecified atom stereocenters. The molecule has 1 N–H and O–H groups in total. The number of likely N-dealkylation sites (tertiary alicyclic amines) is 1. The zero-order valence-electron chi connectivity index (χ0n) is 10.5. The minimum absolute atomic E-state index is 0.645. The van der Waals surface area contributed by atoms with Gasteiger partial charge in [-0.25, -0.2) is 4.98 Å². The number of nitrogens with zero attached hydrogens (tertiary/aromatic N) is 2. The van der Waals surface area contributed by atoms with Gasteiger partial charge in [0.1, 0.15) is 5.65 Å². The lowest BCUT2D eigenvalue weighted by atomic mass is 10.1. The topological polar surface area (TPSA) is 31.9 Å². The van der Waals surface area contributed by atoms with Gasteiger partial charge >= 0.3 is 0 Å². The molecule has 0 aromatic carbocycles. The predicted octanol–water partition coefficient (Wildman–Crippen LogP) is 2.76. The summed E-state index contributed by atoms with van der Waals surface area (Å²) in [5.41, 5.74) is 2.37. The Labute approximate surface area is 102 Å². The minimum atomic E-state index is 0.645. The van der Waals surface area contributed by atoms with Gasteiger partial charge in [0.2, 0.25) is 0 Å². The highest BCUT2D eigenvalue weighted by molar-refractivity contribution is 5.76. The molecule has 0 aliphatic carbocycles. The maximum atomic E-state index is 4.36. The van der Waals surface area contributed by atoms with Gasteiger partial charge in [0.15, 0.2) is 0 Å². The normalized spacial score (nSPS) is 21.7. The van der Waals surface area contributed by atoms with E-state index in [-0.39, 0.29) is 0 Å². The Morgan fingerprint density at radius 2 is 2.35 bits per heavy atom. The monoisotopic (exact) mass is 229 g/mol. The summed E-state index contributed by atoms with van der Waals surface area (Å²) >= 11 is 0. The number of fused-ring (bicyclic) bond motifs is 1. The van der Waals surface area contributed by atoms with E-state index in [1.807, 2.05) is 12.3 Å². The van der Waals surface area contributed by atoms with Crippen LogP contribution in [-0.2, 0) is 0 Å². The fourth-order valence-electron chi connectivity index (χ4n) is 2.71. The lowest BCUT2D eigenvalue weighted by molar-refractivity contribution is 0.272. The van der Waals surface area contributed by atoms with Crippen LogP contribution >= 0.6 is 0 Å². The van der Waals surface area contributed by atoms with Crippen molar-refractivity contribution in [3.05, 3.63) is 30.1 Å². The van der Waals surface area contributed by atoms with Crippen LogP contribution in [0.15, 0.2) is 24.4 Å². The van der Waals surface area contributed by atoms with E-state index in [4.69, 9.17) is 0 Å². The van der Waals surface area contributed by atoms with Crippen molar-refractivity contribution in [1.29, 1.82) is 0 Å². The van der Waals surface area contributed by atoms with E-state index >= 15 is 0 Å². The van der Waals surface area contributed by atoms with Crippen molar-refractivity contribution in [3.63, 3.8) is 0 Å². The standard InChI is InChI=1S/C14H19N3/c1-10(2)17-7-5-12(9-17)13-8-11-4-3-6-15-14(11)16-13/h3-4,6,8,10,12H,5,7,9H2,1-2H3,(H,15,16). The number of H-pyrrole nitrogens is 1. The Balaban J connectivity index is 1.85. The van der Waals surface area contributed by atoms with E-state index in [9.17, 15) is 0 Å². The first-order chi connectivity index (χ1) is 8.24. The molecule has 1 aliphatic heterocycles. The highest BCUT2D eigenvalue weighted by Crippen LogP contribution is 2.29. The van der Waals surface area contributed by atoms with Crippen LogP contribution in [0.3, 0.4) is 0 Å². The molecule has 0 radical (unpaired) electrons. The third-order valence-electron chi connectivity index (χ3n) is 3.80. The van der Waals surface area contributed by atoms with Crippen LogP contribution in [0, 0.1) is 0 Å². The lowest BCUT2D eigenvalue weighted by Gasteiger charge is -2.19. The smallest absolute Gasteiger partial charge is 0.137 e. The second-order valence-corrected chi connectivity index (χ2v) is 5.24. The van der Waals surface area contributed by atoms with Crippen molar-refractivity contribution in [2.24, 2.45) is 0 Å². The number of aromatic amines is 1. The lowest BCUT2D eigenvalue weighted by Crippen LogP contribution is -2.27. The van der Waals surface area contributed by atoms with Gasteiger partial charge in [-0.05, 0) is 45.0 Å². The largest absolute Gasteiger partial charge is 0.343 e. The average molecular weight is 229 g/mol. The van der Waals surface area contributed by atoms with Crippen LogP contribution in [0.25, 0.3) is 11.0 Å². The fourth-order valence-corrected chi connectivity index (χ4v) is 2.71. The van der Waals surface area contributed by atoms with E-state index in [0.717, 1.165) is 5.65 Å². The van der Waals surface area contributed by atoms with Crippen molar-refractivity contribution in [2.45, 2.75) is 32.2 Å². The molecule has 2 aromatic heterocycles. The zero-order chi connectivity index (χ0) is 11.8. The highest BCUT2D eigenvalue weighted by Gasteiger charge is 2.26. The molecule has 2 aromatic rings. The van der Waals surface area contributed by atoms with Crippen LogP contribution in [0.2, 0.25) is 0 Å². The van der Waals surface area contributed by atoms with Crippen molar-refractivity contribution < 1.29 is 0 Å². The molecule has 1 fully saturated rings. The van der Waals surface area contributed by atoms with E-state index in [1.165, 1.54) is 30.6 Å². The first-order valence-corrected chi connectivity index (χ1v) is 6.42. The van der Waals surface area contributed by atoms with E-state index < -0.39 is 0 Å². The molecule has 0 spiro atoms. The molecule has 90 valence electrons. The first kappa shape index (κ1) is 10.8. The van der Waals surface area contributed by atoms with Gasteiger partial charge in [-0.1, -0.05) is 0 Å². The summed E-state index contributed by atoms with van der Waals surface area (Å²) in [7, 11) is 0. The van der Waals surface area contributed by atoms with Crippen LogP contribution in [-0.4, -0.2) is 34.0 Å². The summed E-state index contributed by atoms with van der Waals surface area (Å²) in [4.78, 5) is 10.4. The fraction of sp³-hybridized carbons (Fsp3) is 0.500. The molecular weight excluding hydrogens is 210 g/mol. The molecule has 1 atom stereocenters. The molecule has 0 amide bonds. The molecule has 1 aliphatic rings. The van der Waals surface area contributed by atoms with Crippen molar-refractivity contribution in [3.8, 4) is 0 Å². The van der Waals surface area contributed by atoms with Gasteiger partial charge in [-0.15, -0.1) is 0 Å². The Morgan fingerprint density at radius 1 is 1.47 bits per heavy atom. The van der Waals surface area contributed by atoms with Crippen molar-refractivity contribution >= 4 is 11.0 Å². The van der Waals surface area contributed by atoms with Crippen LogP contribution in [0.1, 0.15) is 31.9 Å². The number of aromatic nitrogens is 2. The summed E-state index contributed by atoms with van der Waals surface area (Å²) in [5.74, 6) is 0.645. The van der Waals surface area contributed by atoms with Gasteiger partial charge < -0.3 is 9.88 Å². The molecule has 3 heterocycles. The first-order valence-electron chi connectivity index (χ1n) is 6.42. The Hall–Kier alpha value is -1.35. The summed E-state index contributed by atoms with van der Waals surface area (Å²) in [6, 6.07) is 7.03. The average Bonchev–Trinajstić information content (AvgIpc) is 2.95. The van der Waals surface area contributed by atoms with Gasteiger partial charge in [0.05, 0.1) is 0 Å². The number of hydrogen-bond donors (Lipinski definition) is 1. The molecule has 17 heavy (non-hydrogen) atoms. The van der Waals surface area contributed by atoms with E-state index in [1.54, 1.807) is 0 Å². The Kier molecular flexibility index (Phi) is 2.63. The van der Waals surface area contributed by atoms with E-state index in [0.29, 0.717) is 12.0 Å². The summed E-state index contributed by atoms with van der Waals surface area (Å²) in [5, 5.41) is 1.23. The van der Waals surface area contributed by atoms with Crippen molar-refractivity contribution in [2.75, 3.05) is 13.1 Å². The minimum Gasteiger partial charge on any atom is -0.343 e. The number of hydrogen-bond acceptors (Lipinski definition) is 2. The third-order valence-corrected chi connectivity index (χ3v) is 3.80. The summed E-state index contributed by atoms with van der Waals surface area (Å²) in [6.07, 6.45) is 3.10. The predicted molar refractivity (Wildman–Crippen MR) is 70.2 cm³/mol. The van der Waals surface area contributed by atoms with Crippen LogP contribution < -0.4 is 0 Å². The third kappa shape index (κ3) is 1.95. The number of pyridine rings is 1. The highest BCUT2D eigenvalue weighted by atomic mass is 15.2. The molecule has 3 heteroatoms. The quantitative estimate of drug-likeness (QED) is 0.858. The van der Waals surface area contributed by atoms with Crippen LogP contribution in [0.4, 0.5) is 0 Å². The van der Waals surface area contributed by atoms with Crippen molar-refractivity contribution in [1.82, 2.24) is 14.9 Å².